The van der Waals surface area contributed by atoms with E-state index in [1.165, 1.54) is 25.5 Å². The van der Waals surface area contributed by atoms with E-state index >= 15 is 0 Å². The molecule has 17 heavy (non-hydrogen) atoms. The highest BCUT2D eigenvalue weighted by atomic mass is 19.1. The van der Waals surface area contributed by atoms with Crippen molar-refractivity contribution in [2.75, 3.05) is 19.7 Å². The number of likely N-dealkylation sites (tertiary alicyclic amines) is 1. The third kappa shape index (κ3) is 3.43. The number of benzene rings is 1. The molecule has 1 aliphatic rings. The van der Waals surface area contributed by atoms with Crippen molar-refractivity contribution in [2.24, 2.45) is 0 Å². The molecule has 0 bridgehead atoms. The van der Waals surface area contributed by atoms with Crippen LogP contribution in [0.3, 0.4) is 0 Å². The van der Waals surface area contributed by atoms with Gasteiger partial charge in [-0.2, -0.15) is 0 Å². The van der Waals surface area contributed by atoms with Gasteiger partial charge in [0.1, 0.15) is 0 Å². The molecule has 0 saturated carbocycles. The van der Waals surface area contributed by atoms with E-state index in [2.05, 4.69) is 11.8 Å². The van der Waals surface area contributed by atoms with Crippen molar-refractivity contribution in [3.63, 3.8) is 0 Å². The summed E-state index contributed by atoms with van der Waals surface area (Å²) in [4.78, 5) is 2.48. The first-order chi connectivity index (χ1) is 8.27. The summed E-state index contributed by atoms with van der Waals surface area (Å²) in [6.07, 6.45) is 3.56. The second kappa shape index (κ2) is 6.01. The van der Waals surface area contributed by atoms with Gasteiger partial charge in [-0.05, 0) is 44.9 Å². The second-order valence-electron chi connectivity index (χ2n) is 4.66. The van der Waals surface area contributed by atoms with Crippen LogP contribution >= 0.6 is 0 Å². The predicted molar refractivity (Wildman–Crippen MR) is 66.8 cm³/mol. The van der Waals surface area contributed by atoms with E-state index < -0.39 is 0 Å². The molecule has 1 fully saturated rings. The maximum Gasteiger partial charge on any atom is 0.165 e. The molecule has 1 atom stereocenters. The highest BCUT2D eigenvalue weighted by molar-refractivity contribution is 5.23. The van der Waals surface area contributed by atoms with E-state index in [1.807, 2.05) is 0 Å². The minimum Gasteiger partial charge on any atom is -0.490 e. The van der Waals surface area contributed by atoms with Crippen LogP contribution in [0, 0.1) is 5.82 Å². The Morgan fingerprint density at radius 1 is 1.41 bits per heavy atom. The molecular formula is C14H20FNO. The van der Waals surface area contributed by atoms with Gasteiger partial charge in [-0.25, -0.2) is 4.39 Å². The maximum atomic E-state index is 13.2. The lowest BCUT2D eigenvalue weighted by Crippen LogP contribution is -2.28. The summed E-state index contributed by atoms with van der Waals surface area (Å²) in [5.41, 5.74) is 0. The molecule has 1 unspecified atom stereocenters. The molecule has 0 amide bonds. The maximum absolute atomic E-state index is 13.2. The van der Waals surface area contributed by atoms with Crippen LogP contribution in [0.1, 0.15) is 26.2 Å². The fraction of sp³-hybridized carbons (Fsp3) is 0.571. The molecular weight excluding hydrogens is 217 g/mol. The quantitative estimate of drug-likeness (QED) is 0.730. The van der Waals surface area contributed by atoms with Crippen LogP contribution in [0.25, 0.3) is 0 Å². The Morgan fingerprint density at radius 2 is 2.24 bits per heavy atom. The zero-order valence-corrected chi connectivity index (χ0v) is 10.4. The highest BCUT2D eigenvalue weighted by Gasteiger charge is 2.19. The van der Waals surface area contributed by atoms with E-state index in [1.54, 1.807) is 18.2 Å². The summed E-state index contributed by atoms with van der Waals surface area (Å²) < 4.78 is 18.7. The number of ether oxygens (including phenoxy) is 1. The topological polar surface area (TPSA) is 12.5 Å². The van der Waals surface area contributed by atoms with Gasteiger partial charge in [0, 0.05) is 12.6 Å². The molecule has 0 N–H and O–H groups in total. The van der Waals surface area contributed by atoms with E-state index in [4.69, 9.17) is 4.74 Å². The van der Waals surface area contributed by atoms with Crippen molar-refractivity contribution in [1.29, 1.82) is 0 Å². The summed E-state index contributed by atoms with van der Waals surface area (Å²) in [5.74, 6) is 0.0870. The van der Waals surface area contributed by atoms with Gasteiger partial charge >= 0.3 is 0 Å². The second-order valence-corrected chi connectivity index (χ2v) is 4.66. The van der Waals surface area contributed by atoms with Crippen LogP contribution in [0.4, 0.5) is 4.39 Å². The number of nitrogens with zero attached hydrogens (tertiary/aromatic N) is 1. The number of hydrogen-bond donors (Lipinski definition) is 0. The zero-order chi connectivity index (χ0) is 12.1. The lowest BCUT2D eigenvalue weighted by Gasteiger charge is -2.20. The monoisotopic (exact) mass is 237 g/mol. The largest absolute Gasteiger partial charge is 0.490 e. The molecule has 2 rings (SSSR count). The van der Waals surface area contributed by atoms with Crippen molar-refractivity contribution in [3.8, 4) is 5.75 Å². The van der Waals surface area contributed by atoms with Crippen LogP contribution in [0.15, 0.2) is 24.3 Å². The van der Waals surface area contributed by atoms with Gasteiger partial charge in [-0.15, -0.1) is 0 Å². The summed E-state index contributed by atoms with van der Waals surface area (Å²) in [5, 5.41) is 0. The van der Waals surface area contributed by atoms with E-state index in [0.29, 0.717) is 18.4 Å². The minimum absolute atomic E-state index is 0.276. The SMILES string of the molecule is CC1CCCN1CCCOc1ccccc1F. The van der Waals surface area contributed by atoms with Crippen molar-refractivity contribution in [3.05, 3.63) is 30.1 Å². The number of rotatable bonds is 5. The van der Waals surface area contributed by atoms with Gasteiger partial charge in [0.15, 0.2) is 11.6 Å². The number of para-hydroxylation sites is 1. The van der Waals surface area contributed by atoms with E-state index in [0.717, 1.165) is 13.0 Å². The molecule has 0 spiro atoms. The summed E-state index contributed by atoms with van der Waals surface area (Å²) in [6.45, 7) is 5.10. The zero-order valence-electron chi connectivity index (χ0n) is 10.4. The molecule has 1 aromatic carbocycles. The Labute approximate surface area is 102 Å². The van der Waals surface area contributed by atoms with Gasteiger partial charge in [-0.1, -0.05) is 12.1 Å². The molecule has 0 aliphatic carbocycles. The summed E-state index contributed by atoms with van der Waals surface area (Å²) in [7, 11) is 0. The molecule has 0 radical (unpaired) electrons. The van der Waals surface area contributed by atoms with Crippen LogP contribution in [-0.4, -0.2) is 30.6 Å². The molecule has 0 aromatic heterocycles. The van der Waals surface area contributed by atoms with Crippen molar-refractivity contribution in [2.45, 2.75) is 32.2 Å². The van der Waals surface area contributed by atoms with Gasteiger partial charge in [0.2, 0.25) is 0 Å². The normalized spacial score (nSPS) is 20.7. The Kier molecular flexibility index (Phi) is 4.37. The van der Waals surface area contributed by atoms with Gasteiger partial charge in [0.25, 0.3) is 0 Å². The van der Waals surface area contributed by atoms with E-state index in [-0.39, 0.29) is 5.82 Å². The number of hydrogen-bond acceptors (Lipinski definition) is 2. The third-order valence-corrected chi connectivity index (χ3v) is 3.37. The summed E-state index contributed by atoms with van der Waals surface area (Å²) >= 11 is 0. The van der Waals surface area contributed by atoms with Gasteiger partial charge < -0.3 is 9.64 Å². The number of halogens is 1. The fourth-order valence-corrected chi connectivity index (χ4v) is 2.34. The lowest BCUT2D eigenvalue weighted by molar-refractivity contribution is 0.226. The Balaban J connectivity index is 1.68. The molecule has 3 heteroatoms. The first-order valence-electron chi connectivity index (χ1n) is 6.39. The highest BCUT2D eigenvalue weighted by Crippen LogP contribution is 2.17. The third-order valence-electron chi connectivity index (χ3n) is 3.37. The molecule has 1 saturated heterocycles. The van der Waals surface area contributed by atoms with Crippen molar-refractivity contribution < 1.29 is 9.13 Å². The smallest absolute Gasteiger partial charge is 0.165 e. The molecule has 1 heterocycles. The van der Waals surface area contributed by atoms with Crippen LogP contribution < -0.4 is 4.74 Å². The first-order valence-corrected chi connectivity index (χ1v) is 6.39. The van der Waals surface area contributed by atoms with Crippen molar-refractivity contribution in [1.82, 2.24) is 4.90 Å². The van der Waals surface area contributed by atoms with Gasteiger partial charge in [0.05, 0.1) is 6.61 Å². The van der Waals surface area contributed by atoms with Gasteiger partial charge in [-0.3, -0.25) is 0 Å². The average molecular weight is 237 g/mol. The molecule has 1 aliphatic heterocycles. The summed E-state index contributed by atoms with van der Waals surface area (Å²) in [6, 6.07) is 7.27. The fourth-order valence-electron chi connectivity index (χ4n) is 2.34. The molecule has 2 nitrogen and oxygen atoms in total. The first kappa shape index (κ1) is 12.4. The van der Waals surface area contributed by atoms with Crippen molar-refractivity contribution >= 4 is 0 Å². The standard InChI is InChI=1S/C14H20FNO/c1-12-6-4-9-16(12)10-5-11-17-14-8-3-2-7-13(14)15/h2-3,7-8,12H,4-6,9-11H2,1H3. The molecule has 1 aromatic rings. The Morgan fingerprint density at radius 3 is 2.94 bits per heavy atom. The van der Waals surface area contributed by atoms with Crippen LogP contribution in [0.5, 0.6) is 5.75 Å². The minimum atomic E-state index is -0.276. The predicted octanol–water partition coefficient (Wildman–Crippen LogP) is 3.08. The average Bonchev–Trinajstić information content (AvgIpc) is 2.73. The lowest BCUT2D eigenvalue weighted by atomic mass is 10.2. The Bertz CT molecular complexity index is 356. The van der Waals surface area contributed by atoms with Crippen LogP contribution in [-0.2, 0) is 0 Å². The van der Waals surface area contributed by atoms with Crippen LogP contribution in [0.2, 0.25) is 0 Å². The van der Waals surface area contributed by atoms with E-state index in [9.17, 15) is 4.39 Å². The Hall–Kier alpha value is -1.09. The molecule has 94 valence electrons.